The van der Waals surface area contributed by atoms with E-state index in [9.17, 15) is 14.4 Å². The Kier molecular flexibility index (Phi) is 6.00. The molecule has 1 heterocycles. The number of nitriles is 1. The van der Waals surface area contributed by atoms with Crippen LogP contribution in [-0.4, -0.2) is 24.4 Å². The molecule has 0 saturated heterocycles. The zero-order valence-electron chi connectivity index (χ0n) is 12.4. The third-order valence-electron chi connectivity index (χ3n) is 2.80. The fourth-order valence-corrected chi connectivity index (χ4v) is 2.27. The van der Waals surface area contributed by atoms with Gasteiger partial charge in [0.1, 0.15) is 0 Å². The minimum Gasteiger partial charge on any atom is -0.452 e. The van der Waals surface area contributed by atoms with Gasteiger partial charge >= 0.3 is 5.97 Å². The van der Waals surface area contributed by atoms with Crippen molar-refractivity contribution in [3.63, 3.8) is 0 Å². The van der Waals surface area contributed by atoms with Crippen LogP contribution >= 0.6 is 11.3 Å². The van der Waals surface area contributed by atoms with Crippen LogP contribution in [-0.2, 0) is 14.3 Å². The molecule has 0 aliphatic heterocycles. The van der Waals surface area contributed by atoms with Crippen LogP contribution in [0.4, 0.5) is 0 Å². The quantitative estimate of drug-likeness (QED) is 0.664. The maximum absolute atomic E-state index is 11.6. The molecule has 0 aliphatic carbocycles. The average molecular weight is 340 g/mol. The van der Waals surface area contributed by atoms with E-state index in [1.165, 1.54) is 17.4 Å². The summed E-state index contributed by atoms with van der Waals surface area (Å²) in [6, 6.07) is 11.9. The molecule has 6 nitrogen and oxygen atoms in total. The molecule has 0 unspecified atom stereocenters. The molecule has 2 amide bonds. The van der Waals surface area contributed by atoms with Gasteiger partial charge in [0.15, 0.2) is 6.61 Å². The number of hydrogen-bond acceptors (Lipinski definition) is 6. The van der Waals surface area contributed by atoms with Crippen molar-refractivity contribution in [2.45, 2.75) is 0 Å². The highest BCUT2D eigenvalue weighted by Crippen LogP contribution is 2.07. The first-order valence-electron chi connectivity index (χ1n) is 6.81. The minimum absolute atomic E-state index is 0.399. The van der Waals surface area contributed by atoms with Gasteiger partial charge in [0, 0.05) is 6.08 Å². The van der Waals surface area contributed by atoms with E-state index >= 15 is 0 Å². The van der Waals surface area contributed by atoms with Crippen LogP contribution in [0.25, 0.3) is 6.08 Å². The highest BCUT2D eigenvalue weighted by molar-refractivity contribution is 7.12. The number of amides is 2. The number of hydrogen-bond donors (Lipinski definition) is 1. The third kappa shape index (κ3) is 5.19. The van der Waals surface area contributed by atoms with Crippen molar-refractivity contribution < 1.29 is 19.1 Å². The van der Waals surface area contributed by atoms with Gasteiger partial charge in [-0.05, 0) is 35.2 Å². The number of esters is 1. The van der Waals surface area contributed by atoms with Gasteiger partial charge in [0.05, 0.1) is 16.5 Å². The Labute approximate surface area is 142 Å². The Hall–Kier alpha value is -3.24. The molecule has 0 fully saturated rings. The van der Waals surface area contributed by atoms with Gasteiger partial charge in [-0.15, -0.1) is 11.3 Å². The fraction of sp³-hybridized carbons (Fsp3) is 0.0588. The van der Waals surface area contributed by atoms with E-state index < -0.39 is 24.4 Å². The summed E-state index contributed by atoms with van der Waals surface area (Å²) >= 11 is 1.20. The monoisotopic (exact) mass is 340 g/mol. The molecule has 120 valence electrons. The number of imide groups is 1. The van der Waals surface area contributed by atoms with Crippen LogP contribution in [0.1, 0.15) is 20.8 Å². The summed E-state index contributed by atoms with van der Waals surface area (Å²) in [5.41, 5.74) is 1.23. The summed E-state index contributed by atoms with van der Waals surface area (Å²) in [6.45, 7) is -0.548. The van der Waals surface area contributed by atoms with Gasteiger partial charge in [0.2, 0.25) is 0 Å². The fourth-order valence-electron chi connectivity index (χ4n) is 1.65. The standard InChI is InChI=1S/C17H12N2O4S/c18-10-13-5-3-12(4-6-13)7-8-16(21)23-11-15(20)19-17(22)14-2-1-9-24-14/h1-9H,11H2,(H,19,20,22)/b8-7+. The molecule has 0 bridgehead atoms. The average Bonchev–Trinajstić information content (AvgIpc) is 3.13. The van der Waals surface area contributed by atoms with Gasteiger partial charge in [-0.2, -0.15) is 5.26 Å². The van der Waals surface area contributed by atoms with Gasteiger partial charge in [-0.3, -0.25) is 14.9 Å². The Morgan fingerprint density at radius 2 is 1.96 bits per heavy atom. The number of nitrogens with one attached hydrogen (secondary N) is 1. The summed E-state index contributed by atoms with van der Waals surface area (Å²) in [4.78, 5) is 35.1. The summed E-state index contributed by atoms with van der Waals surface area (Å²) in [7, 11) is 0. The Morgan fingerprint density at radius 3 is 2.58 bits per heavy atom. The summed E-state index contributed by atoms with van der Waals surface area (Å²) in [5, 5.41) is 12.5. The van der Waals surface area contributed by atoms with E-state index in [2.05, 4.69) is 5.32 Å². The zero-order valence-corrected chi connectivity index (χ0v) is 13.2. The number of nitrogens with zero attached hydrogens (tertiary/aromatic N) is 1. The topological polar surface area (TPSA) is 96.3 Å². The molecule has 0 atom stereocenters. The molecule has 0 radical (unpaired) electrons. The van der Waals surface area contributed by atoms with E-state index in [4.69, 9.17) is 10.00 Å². The Bertz CT molecular complexity index is 802. The number of ether oxygens (including phenoxy) is 1. The Morgan fingerprint density at radius 1 is 1.21 bits per heavy atom. The van der Waals surface area contributed by atoms with E-state index in [-0.39, 0.29) is 0 Å². The Balaban J connectivity index is 1.77. The number of rotatable bonds is 5. The molecule has 1 N–H and O–H groups in total. The molecule has 2 aromatic rings. The van der Waals surface area contributed by atoms with Crippen molar-refractivity contribution in [3.8, 4) is 6.07 Å². The van der Waals surface area contributed by atoms with Crippen molar-refractivity contribution in [1.29, 1.82) is 5.26 Å². The first-order valence-corrected chi connectivity index (χ1v) is 7.69. The summed E-state index contributed by atoms with van der Waals surface area (Å²) in [5.74, 6) is -1.94. The largest absolute Gasteiger partial charge is 0.452 e. The van der Waals surface area contributed by atoms with Crippen molar-refractivity contribution in [2.24, 2.45) is 0 Å². The number of carbonyl (C=O) groups is 3. The van der Waals surface area contributed by atoms with Gasteiger partial charge in [-0.25, -0.2) is 4.79 Å². The zero-order chi connectivity index (χ0) is 17.4. The molecule has 1 aromatic carbocycles. The van der Waals surface area contributed by atoms with Crippen molar-refractivity contribution >= 4 is 35.2 Å². The normalized spacial score (nSPS) is 10.1. The maximum atomic E-state index is 11.6. The molecule has 0 spiro atoms. The third-order valence-corrected chi connectivity index (χ3v) is 3.66. The first kappa shape index (κ1) is 17.1. The van der Waals surface area contributed by atoms with Crippen LogP contribution in [0.15, 0.2) is 47.9 Å². The molecule has 0 saturated carbocycles. The van der Waals surface area contributed by atoms with Crippen LogP contribution in [0.5, 0.6) is 0 Å². The molecular formula is C17H12N2O4S. The molecule has 2 rings (SSSR count). The second kappa shape index (κ2) is 8.41. The van der Waals surface area contributed by atoms with Crippen molar-refractivity contribution in [3.05, 3.63) is 63.9 Å². The maximum Gasteiger partial charge on any atom is 0.331 e. The number of thiophene rings is 1. The van der Waals surface area contributed by atoms with Crippen molar-refractivity contribution in [1.82, 2.24) is 5.32 Å². The van der Waals surface area contributed by atoms with E-state index in [1.54, 1.807) is 41.8 Å². The molecule has 0 aliphatic rings. The van der Waals surface area contributed by atoms with E-state index in [0.717, 1.165) is 6.08 Å². The van der Waals surface area contributed by atoms with Gasteiger partial charge < -0.3 is 4.74 Å². The first-order chi connectivity index (χ1) is 11.6. The lowest BCUT2D eigenvalue weighted by atomic mass is 10.1. The number of benzene rings is 1. The van der Waals surface area contributed by atoms with Crippen LogP contribution in [0.2, 0.25) is 0 Å². The summed E-state index contributed by atoms with van der Waals surface area (Å²) in [6.07, 6.45) is 2.66. The molecule has 1 aromatic heterocycles. The van der Waals surface area contributed by atoms with E-state index in [1.807, 2.05) is 6.07 Å². The van der Waals surface area contributed by atoms with Crippen LogP contribution < -0.4 is 5.32 Å². The number of carbonyl (C=O) groups excluding carboxylic acids is 3. The summed E-state index contributed by atoms with van der Waals surface area (Å²) < 4.78 is 4.75. The van der Waals surface area contributed by atoms with Gasteiger partial charge in [0.25, 0.3) is 11.8 Å². The van der Waals surface area contributed by atoms with Gasteiger partial charge in [-0.1, -0.05) is 18.2 Å². The molecular weight excluding hydrogens is 328 g/mol. The van der Waals surface area contributed by atoms with Crippen molar-refractivity contribution in [2.75, 3.05) is 6.61 Å². The van der Waals surface area contributed by atoms with Crippen LogP contribution in [0.3, 0.4) is 0 Å². The second-order valence-corrected chi connectivity index (χ2v) is 5.48. The molecule has 24 heavy (non-hydrogen) atoms. The smallest absolute Gasteiger partial charge is 0.331 e. The predicted octanol–water partition coefficient (Wildman–Crippen LogP) is 2.13. The lowest BCUT2D eigenvalue weighted by molar-refractivity contribution is -0.143. The minimum atomic E-state index is -0.710. The highest BCUT2D eigenvalue weighted by Gasteiger charge is 2.12. The SMILES string of the molecule is N#Cc1ccc(/C=C/C(=O)OCC(=O)NC(=O)c2cccs2)cc1. The lowest BCUT2D eigenvalue weighted by Crippen LogP contribution is -2.33. The predicted molar refractivity (Wildman–Crippen MR) is 87.9 cm³/mol. The van der Waals surface area contributed by atoms with Crippen LogP contribution in [0, 0.1) is 11.3 Å². The molecule has 7 heteroatoms. The second-order valence-electron chi connectivity index (χ2n) is 4.53. The lowest BCUT2D eigenvalue weighted by Gasteiger charge is -2.03. The van der Waals surface area contributed by atoms with E-state index in [0.29, 0.717) is 16.0 Å². The highest BCUT2D eigenvalue weighted by atomic mass is 32.1.